The fourth-order valence-electron chi connectivity index (χ4n) is 6.26. The van der Waals surface area contributed by atoms with E-state index in [0.717, 1.165) is 41.5 Å². The molecule has 2 unspecified atom stereocenters. The third-order valence-electron chi connectivity index (χ3n) is 8.02. The van der Waals surface area contributed by atoms with E-state index in [-0.39, 0.29) is 0 Å². The van der Waals surface area contributed by atoms with E-state index in [1.165, 1.54) is 20.1 Å². The fourth-order valence-corrected chi connectivity index (χ4v) is 10.8. The highest BCUT2D eigenvalue weighted by Gasteiger charge is 2.39. The highest BCUT2D eigenvalue weighted by molar-refractivity contribution is 8.37. The van der Waals surface area contributed by atoms with E-state index in [0.29, 0.717) is 10.8 Å². The first kappa shape index (κ1) is 24.5. The summed E-state index contributed by atoms with van der Waals surface area (Å²) < 4.78 is 2.28. The van der Waals surface area contributed by atoms with Gasteiger partial charge in [0, 0.05) is 27.9 Å². The second-order valence-corrected chi connectivity index (χ2v) is 13.6. The van der Waals surface area contributed by atoms with Crippen LogP contribution in [0.4, 0.5) is 0 Å². The van der Waals surface area contributed by atoms with E-state index in [4.69, 9.17) is 4.98 Å². The van der Waals surface area contributed by atoms with Crippen LogP contribution in [0, 0.1) is 11.3 Å². The molecule has 3 nitrogen and oxygen atoms in total. The summed E-state index contributed by atoms with van der Waals surface area (Å²) in [5.74, 6) is 0. The van der Waals surface area contributed by atoms with Crippen LogP contribution in [0.2, 0.25) is 0 Å². The smallest absolute Gasteiger partial charge is 0.145 e. The Labute approximate surface area is 236 Å². The average molecular weight is 536 g/mol. The van der Waals surface area contributed by atoms with Gasteiger partial charge in [-0.3, -0.25) is 4.57 Å². The first-order chi connectivity index (χ1) is 19.8. The van der Waals surface area contributed by atoms with Crippen molar-refractivity contribution in [1.82, 2.24) is 9.55 Å². The number of hydrogen-bond acceptors (Lipinski definition) is 2. The molecule has 2 heterocycles. The molecule has 0 saturated heterocycles. The number of pyridine rings is 1. The van der Waals surface area contributed by atoms with Crippen LogP contribution in [-0.2, 0) is 0 Å². The van der Waals surface area contributed by atoms with E-state index in [1.807, 2.05) is 24.4 Å². The van der Waals surface area contributed by atoms with Gasteiger partial charge in [0.15, 0.2) is 0 Å². The van der Waals surface area contributed by atoms with Gasteiger partial charge in [-0.05, 0) is 101 Å². The number of aromatic nitrogens is 2. The highest BCUT2D eigenvalue weighted by Crippen LogP contribution is 2.74. The zero-order valence-electron chi connectivity index (χ0n) is 22.2. The molecule has 0 bridgehead atoms. The number of nitriles is 1. The summed E-state index contributed by atoms with van der Waals surface area (Å²) in [5.41, 5.74) is 3.94. The maximum atomic E-state index is 9.57. The molecule has 2 aromatic heterocycles. The van der Waals surface area contributed by atoms with Crippen molar-refractivity contribution in [3.63, 3.8) is 0 Å². The van der Waals surface area contributed by atoms with E-state index < -0.39 is 10.0 Å². The first-order valence-corrected chi connectivity index (χ1v) is 15.5. The average Bonchev–Trinajstić information content (AvgIpc) is 3.37. The van der Waals surface area contributed by atoms with Gasteiger partial charge in [-0.25, -0.2) is 4.98 Å². The van der Waals surface area contributed by atoms with Gasteiger partial charge in [0.1, 0.15) is 5.65 Å². The zero-order valence-corrected chi connectivity index (χ0v) is 23.0. The summed E-state index contributed by atoms with van der Waals surface area (Å²) >= 11 is 0. The Hall–Kier alpha value is -4.59. The van der Waals surface area contributed by atoms with Gasteiger partial charge >= 0.3 is 0 Å². The Bertz CT molecular complexity index is 1880. The second-order valence-electron chi connectivity index (χ2n) is 10.2. The predicted molar refractivity (Wildman–Crippen MR) is 167 cm³/mol. The van der Waals surface area contributed by atoms with Gasteiger partial charge in [0.05, 0.1) is 17.1 Å². The summed E-state index contributed by atoms with van der Waals surface area (Å²) in [6.07, 6.45) is 20.9. The third kappa shape index (κ3) is 3.86. The van der Waals surface area contributed by atoms with Crippen LogP contribution in [0.5, 0.6) is 0 Å². The topological polar surface area (TPSA) is 41.6 Å². The van der Waals surface area contributed by atoms with Crippen molar-refractivity contribution in [3.05, 3.63) is 144 Å². The largest absolute Gasteiger partial charge is 0.294 e. The monoisotopic (exact) mass is 535 g/mol. The molecule has 5 aromatic rings. The molecule has 2 atom stereocenters. The number of benzene rings is 3. The normalized spacial score (nSPS) is 18.8. The molecule has 0 spiro atoms. The van der Waals surface area contributed by atoms with Crippen molar-refractivity contribution >= 4 is 32.0 Å². The summed E-state index contributed by atoms with van der Waals surface area (Å²) in [5, 5.41) is 12.3. The van der Waals surface area contributed by atoms with Gasteiger partial charge in [-0.2, -0.15) is 15.3 Å². The highest BCUT2D eigenvalue weighted by atomic mass is 32.3. The van der Waals surface area contributed by atoms with Crippen molar-refractivity contribution in [2.45, 2.75) is 34.3 Å². The lowest BCUT2D eigenvalue weighted by Crippen LogP contribution is -2.21. The molecule has 0 radical (unpaired) electrons. The first-order valence-electron chi connectivity index (χ1n) is 13.8. The summed E-state index contributed by atoms with van der Waals surface area (Å²) in [6.45, 7) is 0. The Morgan fingerprint density at radius 2 is 1.68 bits per heavy atom. The third-order valence-corrected chi connectivity index (χ3v) is 12.5. The van der Waals surface area contributed by atoms with Crippen LogP contribution in [0.25, 0.3) is 27.6 Å². The van der Waals surface area contributed by atoms with Gasteiger partial charge in [-0.15, -0.1) is 0 Å². The number of para-hydroxylation sites is 1. The molecule has 3 aromatic carbocycles. The molecule has 2 aliphatic carbocycles. The minimum atomic E-state index is -1.67. The molecule has 4 heteroatoms. The summed E-state index contributed by atoms with van der Waals surface area (Å²) in [7, 11) is -1.67. The molecule has 40 heavy (non-hydrogen) atoms. The Morgan fingerprint density at radius 1 is 0.825 bits per heavy atom. The number of rotatable bonds is 5. The maximum absolute atomic E-state index is 9.57. The van der Waals surface area contributed by atoms with E-state index >= 15 is 0 Å². The molecule has 0 fully saturated rings. The van der Waals surface area contributed by atoms with Gasteiger partial charge in [-0.1, -0.05) is 60.7 Å². The Morgan fingerprint density at radius 3 is 2.42 bits per heavy atom. The van der Waals surface area contributed by atoms with Crippen LogP contribution in [0.1, 0.15) is 24.8 Å². The van der Waals surface area contributed by atoms with Crippen molar-refractivity contribution < 1.29 is 0 Å². The summed E-state index contributed by atoms with van der Waals surface area (Å²) in [6, 6.07) is 32.5. The number of fused-ring (bicyclic) bond motifs is 3. The number of nitrogens with zero attached hydrogens (tertiary/aromatic N) is 3. The Kier molecular flexibility index (Phi) is 6.23. The molecule has 2 aliphatic rings. The van der Waals surface area contributed by atoms with Gasteiger partial charge < -0.3 is 0 Å². The number of allylic oxidation sites excluding steroid dienone is 7. The van der Waals surface area contributed by atoms with Crippen LogP contribution < -0.4 is 0 Å². The van der Waals surface area contributed by atoms with Crippen LogP contribution in [-0.4, -0.2) is 14.8 Å². The lowest BCUT2D eigenvalue weighted by Gasteiger charge is -2.49. The van der Waals surface area contributed by atoms with Crippen LogP contribution >= 0.6 is 10.0 Å². The second kappa shape index (κ2) is 10.2. The van der Waals surface area contributed by atoms with E-state index in [1.54, 1.807) is 0 Å². The molecule has 0 N–H and O–H groups in total. The lowest BCUT2D eigenvalue weighted by molar-refractivity contribution is 0.980. The zero-order chi connectivity index (χ0) is 26.9. The van der Waals surface area contributed by atoms with E-state index in [2.05, 4.69) is 120 Å². The molecule has 194 valence electrons. The summed E-state index contributed by atoms with van der Waals surface area (Å²) in [4.78, 5) is 9.00. The predicted octanol–water partition coefficient (Wildman–Crippen LogP) is 9.39. The Balaban J connectivity index is 1.56. The van der Waals surface area contributed by atoms with Gasteiger partial charge in [0.2, 0.25) is 0 Å². The van der Waals surface area contributed by atoms with Crippen molar-refractivity contribution in [1.29, 1.82) is 5.26 Å². The van der Waals surface area contributed by atoms with Crippen LogP contribution in [0.3, 0.4) is 0 Å². The van der Waals surface area contributed by atoms with E-state index in [9.17, 15) is 5.26 Å². The molecule has 7 rings (SSSR count). The van der Waals surface area contributed by atoms with Crippen molar-refractivity contribution in [2.75, 3.05) is 0 Å². The van der Waals surface area contributed by atoms with Crippen molar-refractivity contribution in [2.24, 2.45) is 0 Å². The minimum Gasteiger partial charge on any atom is -0.294 e. The SMILES string of the molecule is N#Cc1ccc(S(C2=CC=CCC2)(c2ccc3c(c2)c2cccnc2n3-c2ccccc2)C2C=CC=CC2)cc1. The molecule has 0 amide bonds. The number of hydrogen-bond donors (Lipinski definition) is 0. The molecule has 0 aliphatic heterocycles. The minimum absolute atomic E-state index is 0.321. The molecular weight excluding hydrogens is 506 g/mol. The van der Waals surface area contributed by atoms with Gasteiger partial charge in [0.25, 0.3) is 0 Å². The van der Waals surface area contributed by atoms with Crippen molar-refractivity contribution in [3.8, 4) is 11.8 Å². The molecular formula is C36H29N3S. The van der Waals surface area contributed by atoms with Crippen LogP contribution in [0.15, 0.2) is 148 Å². The maximum Gasteiger partial charge on any atom is 0.145 e. The molecule has 0 saturated carbocycles. The quantitative estimate of drug-likeness (QED) is 0.225. The lowest BCUT2D eigenvalue weighted by atomic mass is 10.2. The fraction of sp³-hybridized carbons (Fsp3) is 0.111. The standard InChI is InChI=1S/C36H29N3S/c37-26-27-18-20-31(21-19-27)40(29-13-6-2-7-14-29,30-15-8-3-9-16-30)32-22-23-35-34(25-32)33-17-10-24-38-36(33)39(35)28-11-4-1-5-12-28/h1-8,10-13,15,17-25,29H,9,14,16H2.